The number of carbonyl (C=O) groups is 1. The van der Waals surface area contributed by atoms with E-state index >= 15 is 0 Å². The fraction of sp³-hybridized carbons (Fsp3) is 0.391. The molecule has 0 aromatic heterocycles. The highest BCUT2D eigenvalue weighted by Gasteiger charge is 2.33. The maximum absolute atomic E-state index is 12.8. The van der Waals surface area contributed by atoms with Gasteiger partial charge >= 0.3 is 6.03 Å². The third-order valence-corrected chi connectivity index (χ3v) is 6.00. The molecule has 1 fully saturated rings. The maximum Gasteiger partial charge on any atom is 0.342 e. The Balaban J connectivity index is 1.52. The molecular formula is C23H26ClN3O. The molecule has 1 N–H and O–H groups in total. The van der Waals surface area contributed by atoms with Crippen molar-refractivity contribution in [3.63, 3.8) is 0 Å². The van der Waals surface area contributed by atoms with Crippen LogP contribution in [0.1, 0.15) is 44.1 Å². The van der Waals surface area contributed by atoms with Crippen LogP contribution in [0.4, 0.5) is 10.5 Å². The number of hydrogen-bond donors (Lipinski definition) is 1. The lowest BCUT2D eigenvalue weighted by Gasteiger charge is -2.25. The second-order valence-corrected chi connectivity index (χ2v) is 8.24. The average Bonchev–Trinajstić information content (AvgIpc) is 3.14. The third-order valence-electron chi connectivity index (χ3n) is 5.75. The Bertz CT molecular complexity index is 829. The summed E-state index contributed by atoms with van der Waals surface area (Å²) in [6.45, 7) is 0.632. The topological polar surface area (TPSA) is 44.7 Å². The first kappa shape index (κ1) is 19.0. The Morgan fingerprint density at radius 3 is 2.46 bits per heavy atom. The number of rotatable bonds is 4. The van der Waals surface area contributed by atoms with Crippen LogP contribution in [0.2, 0.25) is 5.02 Å². The minimum absolute atomic E-state index is 0.177. The van der Waals surface area contributed by atoms with Gasteiger partial charge in [0.1, 0.15) is 0 Å². The fourth-order valence-electron chi connectivity index (χ4n) is 4.31. The van der Waals surface area contributed by atoms with Gasteiger partial charge in [-0.05, 0) is 42.2 Å². The predicted octanol–water partition coefficient (Wildman–Crippen LogP) is 6.18. The number of carbonyl (C=O) groups excluding carboxylic acids is 1. The van der Waals surface area contributed by atoms with E-state index in [1.165, 1.54) is 32.1 Å². The van der Waals surface area contributed by atoms with Crippen LogP contribution in [0.25, 0.3) is 0 Å². The Hall–Kier alpha value is -2.33. The highest BCUT2D eigenvalue weighted by molar-refractivity contribution is 6.30. The molecule has 1 heterocycles. The maximum atomic E-state index is 12.8. The van der Waals surface area contributed by atoms with Crippen LogP contribution >= 0.6 is 11.6 Å². The van der Waals surface area contributed by atoms with Gasteiger partial charge in [0.25, 0.3) is 0 Å². The molecule has 28 heavy (non-hydrogen) atoms. The Kier molecular flexibility index (Phi) is 5.96. The standard InChI is InChI=1S/C23H26ClN3O/c24-20-13-11-18(12-14-20)22-19(15-17-7-3-1-4-8-17)16-27(26-22)23(28)25-21-9-5-2-6-10-21/h2,5-6,9-14,17,19H,1,3-4,7-8,15-16H2,(H,25,28). The van der Waals surface area contributed by atoms with Crippen molar-refractivity contribution in [3.8, 4) is 0 Å². The second-order valence-electron chi connectivity index (χ2n) is 7.81. The van der Waals surface area contributed by atoms with Gasteiger partial charge in [-0.1, -0.05) is 74.0 Å². The van der Waals surface area contributed by atoms with Gasteiger partial charge in [-0.15, -0.1) is 0 Å². The van der Waals surface area contributed by atoms with E-state index in [9.17, 15) is 4.79 Å². The zero-order valence-electron chi connectivity index (χ0n) is 16.0. The summed E-state index contributed by atoms with van der Waals surface area (Å²) < 4.78 is 0. The molecule has 146 valence electrons. The number of para-hydroxylation sites is 1. The smallest absolute Gasteiger partial charge is 0.306 e. The molecule has 1 atom stereocenters. The first-order valence-corrected chi connectivity index (χ1v) is 10.5. The van der Waals surface area contributed by atoms with E-state index in [-0.39, 0.29) is 11.9 Å². The van der Waals surface area contributed by atoms with E-state index < -0.39 is 0 Å². The number of urea groups is 1. The Labute approximate surface area is 171 Å². The van der Waals surface area contributed by atoms with E-state index in [1.807, 2.05) is 54.6 Å². The minimum atomic E-state index is -0.177. The summed E-state index contributed by atoms with van der Waals surface area (Å²) in [6, 6.07) is 17.2. The van der Waals surface area contributed by atoms with Crippen LogP contribution in [0.5, 0.6) is 0 Å². The quantitative estimate of drug-likeness (QED) is 0.660. The van der Waals surface area contributed by atoms with E-state index in [2.05, 4.69) is 5.32 Å². The van der Waals surface area contributed by atoms with E-state index in [1.54, 1.807) is 5.01 Å². The zero-order chi connectivity index (χ0) is 19.3. The highest BCUT2D eigenvalue weighted by Crippen LogP contribution is 2.33. The molecule has 4 rings (SSSR count). The lowest BCUT2D eigenvalue weighted by Crippen LogP contribution is -2.31. The first-order valence-electron chi connectivity index (χ1n) is 10.2. The molecule has 1 aliphatic carbocycles. The van der Waals surface area contributed by atoms with E-state index in [0.29, 0.717) is 11.6 Å². The van der Waals surface area contributed by atoms with E-state index in [0.717, 1.165) is 29.3 Å². The molecule has 0 spiro atoms. The van der Waals surface area contributed by atoms with Crippen LogP contribution in [0, 0.1) is 11.8 Å². The molecule has 1 unspecified atom stereocenters. The van der Waals surface area contributed by atoms with Crippen LogP contribution in [0.3, 0.4) is 0 Å². The van der Waals surface area contributed by atoms with Gasteiger partial charge in [0, 0.05) is 16.6 Å². The number of amides is 2. The fourth-order valence-corrected chi connectivity index (χ4v) is 4.44. The van der Waals surface area contributed by atoms with Crippen molar-refractivity contribution in [2.75, 3.05) is 11.9 Å². The predicted molar refractivity (Wildman–Crippen MR) is 115 cm³/mol. The Morgan fingerprint density at radius 2 is 1.75 bits per heavy atom. The molecule has 2 aliphatic rings. The summed E-state index contributed by atoms with van der Waals surface area (Å²) in [5.74, 6) is 0.999. The summed E-state index contributed by atoms with van der Waals surface area (Å²) in [6.07, 6.45) is 7.68. The number of hydrogen-bond acceptors (Lipinski definition) is 2. The molecule has 0 radical (unpaired) electrons. The van der Waals surface area contributed by atoms with Crippen molar-refractivity contribution in [2.24, 2.45) is 16.9 Å². The second kappa shape index (κ2) is 8.78. The SMILES string of the molecule is O=C(Nc1ccccc1)N1CC(CC2CCCCC2)C(c2ccc(Cl)cc2)=N1. The van der Waals surface area contributed by atoms with Gasteiger partial charge < -0.3 is 5.32 Å². The van der Waals surface area contributed by atoms with Crippen LogP contribution < -0.4 is 5.32 Å². The molecule has 2 aromatic carbocycles. The molecule has 2 amide bonds. The lowest BCUT2D eigenvalue weighted by atomic mass is 9.80. The monoisotopic (exact) mass is 395 g/mol. The summed E-state index contributed by atoms with van der Waals surface area (Å²) in [5, 5.41) is 9.97. The summed E-state index contributed by atoms with van der Waals surface area (Å²) in [4.78, 5) is 12.8. The third kappa shape index (κ3) is 4.56. The highest BCUT2D eigenvalue weighted by atomic mass is 35.5. The summed E-state index contributed by atoms with van der Waals surface area (Å²) in [7, 11) is 0. The van der Waals surface area contributed by atoms with Gasteiger partial charge in [0.2, 0.25) is 0 Å². The molecule has 1 saturated carbocycles. The molecule has 4 nitrogen and oxygen atoms in total. The average molecular weight is 396 g/mol. The number of anilines is 1. The molecule has 0 bridgehead atoms. The molecule has 0 saturated heterocycles. The normalized spacial score (nSPS) is 20.1. The van der Waals surface area contributed by atoms with Crippen LogP contribution in [0.15, 0.2) is 59.7 Å². The summed E-state index contributed by atoms with van der Waals surface area (Å²) >= 11 is 6.07. The number of hydrazone groups is 1. The summed E-state index contributed by atoms with van der Waals surface area (Å²) in [5.41, 5.74) is 2.84. The van der Waals surface area contributed by atoms with Gasteiger partial charge in [0.15, 0.2) is 0 Å². The van der Waals surface area contributed by atoms with Gasteiger partial charge in [-0.25, -0.2) is 9.80 Å². The zero-order valence-corrected chi connectivity index (χ0v) is 16.7. The number of benzene rings is 2. The van der Waals surface area contributed by atoms with Crippen molar-refractivity contribution < 1.29 is 4.79 Å². The van der Waals surface area contributed by atoms with Crippen molar-refractivity contribution in [1.29, 1.82) is 0 Å². The van der Waals surface area contributed by atoms with Gasteiger partial charge in [0.05, 0.1) is 12.3 Å². The van der Waals surface area contributed by atoms with Crippen LogP contribution in [-0.4, -0.2) is 23.3 Å². The number of halogens is 1. The first-order chi connectivity index (χ1) is 13.7. The van der Waals surface area contributed by atoms with Crippen molar-refractivity contribution >= 4 is 29.0 Å². The van der Waals surface area contributed by atoms with Crippen molar-refractivity contribution in [2.45, 2.75) is 38.5 Å². The minimum Gasteiger partial charge on any atom is -0.306 e. The molecule has 2 aromatic rings. The Morgan fingerprint density at radius 1 is 1.04 bits per heavy atom. The molecule has 5 heteroatoms. The molecular weight excluding hydrogens is 370 g/mol. The van der Waals surface area contributed by atoms with E-state index in [4.69, 9.17) is 16.7 Å². The van der Waals surface area contributed by atoms with Crippen LogP contribution in [-0.2, 0) is 0 Å². The largest absolute Gasteiger partial charge is 0.342 e. The van der Waals surface area contributed by atoms with Gasteiger partial charge in [-0.3, -0.25) is 0 Å². The number of nitrogens with one attached hydrogen (secondary N) is 1. The van der Waals surface area contributed by atoms with Crippen molar-refractivity contribution in [1.82, 2.24) is 5.01 Å². The number of nitrogens with zero attached hydrogens (tertiary/aromatic N) is 2. The van der Waals surface area contributed by atoms with Gasteiger partial charge in [-0.2, -0.15) is 5.10 Å². The lowest BCUT2D eigenvalue weighted by molar-refractivity contribution is 0.212. The molecule has 1 aliphatic heterocycles. The van der Waals surface area contributed by atoms with Crippen molar-refractivity contribution in [3.05, 3.63) is 65.2 Å².